The summed E-state index contributed by atoms with van der Waals surface area (Å²) in [5.41, 5.74) is -0.638. The van der Waals surface area contributed by atoms with E-state index in [0.717, 1.165) is 17.7 Å². The van der Waals surface area contributed by atoms with E-state index in [0.29, 0.717) is 37.6 Å². The van der Waals surface area contributed by atoms with Crippen molar-refractivity contribution in [2.45, 2.75) is 25.9 Å². The maximum atomic E-state index is 12.8. The Morgan fingerprint density at radius 3 is 2.68 bits per heavy atom. The summed E-state index contributed by atoms with van der Waals surface area (Å²) >= 11 is 0. The second-order valence-electron chi connectivity index (χ2n) is 8.25. The average Bonchev–Trinajstić information content (AvgIpc) is 3.53. The van der Waals surface area contributed by atoms with Gasteiger partial charge in [-0.15, -0.1) is 0 Å². The van der Waals surface area contributed by atoms with Crippen LogP contribution in [0.4, 0.5) is 0 Å². The molecule has 0 N–H and O–H groups in total. The average molecular weight is 422 g/mol. The van der Waals surface area contributed by atoms with Crippen LogP contribution in [0.3, 0.4) is 0 Å². The summed E-state index contributed by atoms with van der Waals surface area (Å²) in [6.45, 7) is 1.69. The first-order valence-corrected chi connectivity index (χ1v) is 10.1. The monoisotopic (exact) mass is 422 g/mol. The summed E-state index contributed by atoms with van der Waals surface area (Å²) in [5, 5.41) is 4.50. The Labute approximate surface area is 177 Å². The number of likely N-dealkylation sites (tertiary alicyclic amines) is 1. The molecular weight excluding hydrogens is 400 g/mol. The molecule has 1 fully saturated rings. The number of hydrogen-bond acceptors (Lipinski definition) is 6. The minimum absolute atomic E-state index is 0.155. The molecule has 0 aliphatic carbocycles. The lowest BCUT2D eigenvalue weighted by Gasteiger charge is -2.22. The Morgan fingerprint density at radius 2 is 1.97 bits per heavy atom. The van der Waals surface area contributed by atoms with Crippen LogP contribution in [0.2, 0.25) is 0 Å². The lowest BCUT2D eigenvalue weighted by atomic mass is 9.86. The van der Waals surface area contributed by atoms with E-state index in [1.807, 2.05) is 12.1 Å². The molecular formula is C22H22N4O5. The first-order valence-electron chi connectivity index (χ1n) is 10.1. The number of carbonyl (C=O) groups is 1. The van der Waals surface area contributed by atoms with Crippen LogP contribution in [-0.2, 0) is 19.5 Å². The van der Waals surface area contributed by atoms with Crippen LogP contribution in [0.15, 0.2) is 56.7 Å². The van der Waals surface area contributed by atoms with Gasteiger partial charge in [-0.2, -0.15) is 5.10 Å². The van der Waals surface area contributed by atoms with Crippen molar-refractivity contribution in [1.29, 1.82) is 0 Å². The number of furan rings is 1. The van der Waals surface area contributed by atoms with E-state index in [2.05, 4.69) is 5.10 Å². The SMILES string of the molecule is COc1ccc(Cn2nc3n(c(=O)c2=O)C[C@]2(CCN(C(=O)c4ccco4)C2)C3)cc1. The maximum absolute atomic E-state index is 12.8. The number of nitrogens with zero attached hydrogens (tertiary/aromatic N) is 4. The molecule has 1 amide bonds. The quantitative estimate of drug-likeness (QED) is 0.585. The number of aromatic nitrogens is 3. The van der Waals surface area contributed by atoms with Crippen LogP contribution >= 0.6 is 0 Å². The highest BCUT2D eigenvalue weighted by Crippen LogP contribution is 2.39. The highest BCUT2D eigenvalue weighted by molar-refractivity contribution is 5.91. The third-order valence-electron chi connectivity index (χ3n) is 6.19. The van der Waals surface area contributed by atoms with Crippen LogP contribution in [0.1, 0.15) is 28.4 Å². The van der Waals surface area contributed by atoms with E-state index in [1.54, 1.807) is 36.3 Å². The second kappa shape index (κ2) is 7.26. The summed E-state index contributed by atoms with van der Waals surface area (Å²) in [6.07, 6.45) is 2.77. The zero-order chi connectivity index (χ0) is 21.6. The van der Waals surface area contributed by atoms with Crippen molar-refractivity contribution in [2.24, 2.45) is 5.41 Å². The fraction of sp³-hybridized carbons (Fsp3) is 0.364. The molecule has 0 saturated carbocycles. The Morgan fingerprint density at radius 1 is 1.16 bits per heavy atom. The molecule has 2 aliphatic heterocycles. The number of hydrogen-bond donors (Lipinski definition) is 0. The zero-order valence-electron chi connectivity index (χ0n) is 17.1. The fourth-order valence-electron chi connectivity index (χ4n) is 4.55. The van der Waals surface area contributed by atoms with Gasteiger partial charge in [0.2, 0.25) is 0 Å². The predicted molar refractivity (Wildman–Crippen MR) is 110 cm³/mol. The minimum Gasteiger partial charge on any atom is -0.497 e. The van der Waals surface area contributed by atoms with E-state index >= 15 is 0 Å². The van der Waals surface area contributed by atoms with Crippen molar-refractivity contribution in [2.75, 3.05) is 20.2 Å². The first-order chi connectivity index (χ1) is 15.0. The van der Waals surface area contributed by atoms with Crippen molar-refractivity contribution in [3.8, 4) is 5.75 Å². The molecule has 0 radical (unpaired) electrons. The number of fused-ring (bicyclic) bond motifs is 1. The normalized spacial score (nSPS) is 19.7. The van der Waals surface area contributed by atoms with Gasteiger partial charge < -0.3 is 14.1 Å². The molecule has 2 aliphatic rings. The van der Waals surface area contributed by atoms with Crippen molar-refractivity contribution in [3.63, 3.8) is 0 Å². The van der Waals surface area contributed by atoms with Crippen LogP contribution in [0.25, 0.3) is 0 Å². The Kier molecular flexibility index (Phi) is 4.53. The summed E-state index contributed by atoms with van der Waals surface area (Å²) < 4.78 is 13.1. The molecule has 3 aromatic rings. The van der Waals surface area contributed by atoms with Crippen molar-refractivity contribution in [3.05, 3.63) is 80.5 Å². The summed E-state index contributed by atoms with van der Waals surface area (Å²) in [7, 11) is 1.59. The molecule has 160 valence electrons. The largest absolute Gasteiger partial charge is 0.497 e. The summed E-state index contributed by atoms with van der Waals surface area (Å²) in [6, 6.07) is 10.6. The fourth-order valence-corrected chi connectivity index (χ4v) is 4.55. The molecule has 1 saturated heterocycles. The highest BCUT2D eigenvalue weighted by Gasteiger charge is 2.46. The molecule has 0 unspecified atom stereocenters. The third kappa shape index (κ3) is 3.35. The summed E-state index contributed by atoms with van der Waals surface area (Å²) in [4.78, 5) is 39.8. The van der Waals surface area contributed by atoms with Gasteiger partial charge in [0, 0.05) is 31.5 Å². The molecule has 9 heteroatoms. The van der Waals surface area contributed by atoms with Gasteiger partial charge in [-0.1, -0.05) is 12.1 Å². The van der Waals surface area contributed by atoms with Crippen LogP contribution in [0, 0.1) is 5.41 Å². The van der Waals surface area contributed by atoms with Gasteiger partial charge in [0.05, 0.1) is 19.9 Å². The van der Waals surface area contributed by atoms with Crippen LogP contribution < -0.4 is 15.9 Å². The van der Waals surface area contributed by atoms with Gasteiger partial charge in [-0.05, 0) is 36.2 Å². The van der Waals surface area contributed by atoms with Gasteiger partial charge in [-0.3, -0.25) is 19.0 Å². The smallest absolute Gasteiger partial charge is 0.332 e. The van der Waals surface area contributed by atoms with Crippen molar-refractivity contribution in [1.82, 2.24) is 19.2 Å². The number of rotatable bonds is 4. The van der Waals surface area contributed by atoms with Gasteiger partial charge in [-0.25, -0.2) is 4.68 Å². The minimum atomic E-state index is -0.641. The molecule has 1 atom stereocenters. The lowest BCUT2D eigenvalue weighted by Crippen LogP contribution is -2.43. The number of amides is 1. The van der Waals surface area contributed by atoms with E-state index < -0.39 is 11.1 Å². The lowest BCUT2D eigenvalue weighted by molar-refractivity contribution is 0.0740. The van der Waals surface area contributed by atoms with Crippen LogP contribution in [-0.4, -0.2) is 45.4 Å². The second-order valence-corrected chi connectivity index (χ2v) is 8.25. The van der Waals surface area contributed by atoms with E-state index in [1.165, 1.54) is 15.5 Å². The zero-order valence-corrected chi connectivity index (χ0v) is 17.1. The molecule has 5 rings (SSSR count). The first kappa shape index (κ1) is 19.3. The topological polar surface area (TPSA) is 99.6 Å². The van der Waals surface area contributed by atoms with Gasteiger partial charge >= 0.3 is 11.1 Å². The Balaban J connectivity index is 1.38. The molecule has 2 aromatic heterocycles. The molecule has 1 spiro atoms. The van der Waals surface area contributed by atoms with Crippen molar-refractivity contribution >= 4 is 5.91 Å². The number of carbonyl (C=O) groups excluding carboxylic acids is 1. The molecule has 9 nitrogen and oxygen atoms in total. The predicted octanol–water partition coefficient (Wildman–Crippen LogP) is 1.14. The molecule has 1 aromatic carbocycles. The third-order valence-corrected chi connectivity index (χ3v) is 6.19. The molecule has 4 heterocycles. The van der Waals surface area contributed by atoms with Crippen molar-refractivity contribution < 1.29 is 13.9 Å². The highest BCUT2D eigenvalue weighted by atomic mass is 16.5. The van der Waals surface area contributed by atoms with E-state index in [4.69, 9.17) is 9.15 Å². The number of methoxy groups -OCH3 is 1. The Hall–Kier alpha value is -3.62. The van der Waals surface area contributed by atoms with E-state index in [-0.39, 0.29) is 17.9 Å². The van der Waals surface area contributed by atoms with Gasteiger partial charge in [0.1, 0.15) is 11.6 Å². The number of ether oxygens (including phenoxy) is 1. The Bertz CT molecular complexity index is 1240. The number of benzene rings is 1. The summed E-state index contributed by atoms with van der Waals surface area (Å²) in [5.74, 6) is 1.46. The van der Waals surface area contributed by atoms with Gasteiger partial charge in [0.25, 0.3) is 5.91 Å². The standard InChI is InChI=1S/C22H22N4O5/c1-30-16-6-4-15(5-7-16)12-26-21(29)20(28)25-14-22(11-18(25)23-26)8-9-24(13-22)19(27)17-3-2-10-31-17/h2-7,10H,8-9,11-14H2,1H3/t22-/m1/s1. The van der Waals surface area contributed by atoms with Crippen LogP contribution in [0.5, 0.6) is 5.75 Å². The maximum Gasteiger partial charge on any atom is 0.332 e. The molecule has 0 bridgehead atoms. The van der Waals surface area contributed by atoms with Gasteiger partial charge in [0.15, 0.2) is 5.76 Å². The van der Waals surface area contributed by atoms with E-state index in [9.17, 15) is 14.4 Å². The molecule has 31 heavy (non-hydrogen) atoms.